The lowest BCUT2D eigenvalue weighted by atomic mass is 9.96. The third kappa shape index (κ3) is 4.69. The van der Waals surface area contributed by atoms with Gasteiger partial charge in [0.25, 0.3) is 0 Å². The van der Waals surface area contributed by atoms with Crippen molar-refractivity contribution in [1.82, 2.24) is 9.78 Å². The molecular weight excluding hydrogens is 471 g/mol. The molecule has 2 nitrogen and oxygen atoms in total. The summed E-state index contributed by atoms with van der Waals surface area (Å²) >= 11 is 18.6. The van der Waals surface area contributed by atoms with E-state index in [0.29, 0.717) is 21.6 Å². The molecule has 0 amide bonds. The monoisotopic (exact) mass is 488 g/mol. The normalized spacial score (nSPS) is 11.0. The molecular formula is C28H19Cl3N2. The molecule has 162 valence electrons. The summed E-state index contributed by atoms with van der Waals surface area (Å²) in [6.45, 7) is 0.632. The van der Waals surface area contributed by atoms with Gasteiger partial charge in [0.1, 0.15) is 5.69 Å². The van der Waals surface area contributed by atoms with Crippen molar-refractivity contribution in [2.75, 3.05) is 0 Å². The highest BCUT2D eigenvalue weighted by Gasteiger charge is 2.22. The highest BCUT2D eigenvalue weighted by Crippen LogP contribution is 2.41. The van der Waals surface area contributed by atoms with E-state index in [4.69, 9.17) is 39.9 Å². The van der Waals surface area contributed by atoms with Gasteiger partial charge < -0.3 is 0 Å². The standard InChI is InChI=1S/C28H19Cl3N2/c29-23-12-6-20(7-13-23)26-27(21-8-14-24(30)15-9-21)32-33(18-19-4-2-1-3-5-19)28(26)22-10-16-25(31)17-11-22/h1-17H,18H2. The van der Waals surface area contributed by atoms with Crippen LogP contribution in [0.5, 0.6) is 0 Å². The molecule has 0 aliphatic heterocycles. The number of halogens is 3. The number of aromatic nitrogens is 2. The lowest BCUT2D eigenvalue weighted by Crippen LogP contribution is -2.04. The van der Waals surface area contributed by atoms with Gasteiger partial charge in [-0.2, -0.15) is 5.10 Å². The first-order chi connectivity index (χ1) is 16.1. The fourth-order valence-electron chi connectivity index (χ4n) is 3.93. The average Bonchev–Trinajstić information content (AvgIpc) is 3.20. The van der Waals surface area contributed by atoms with Gasteiger partial charge in [-0.05, 0) is 47.5 Å². The maximum Gasteiger partial charge on any atom is 0.101 e. The number of rotatable bonds is 5. The number of hydrogen-bond acceptors (Lipinski definition) is 1. The average molecular weight is 490 g/mol. The summed E-state index contributed by atoms with van der Waals surface area (Å²) in [5, 5.41) is 7.18. The van der Waals surface area contributed by atoms with Crippen LogP contribution in [-0.4, -0.2) is 9.78 Å². The Kier molecular flexibility index (Phi) is 6.24. The molecule has 5 rings (SSSR count). The van der Waals surface area contributed by atoms with Crippen molar-refractivity contribution in [3.05, 3.63) is 124 Å². The van der Waals surface area contributed by atoms with Crippen molar-refractivity contribution in [2.45, 2.75) is 6.54 Å². The lowest BCUT2D eigenvalue weighted by Gasteiger charge is -2.11. The SMILES string of the molecule is Clc1ccc(-c2nn(Cc3ccccc3)c(-c3ccc(Cl)cc3)c2-c2ccc(Cl)cc2)cc1. The predicted molar refractivity (Wildman–Crippen MR) is 139 cm³/mol. The molecule has 0 N–H and O–H groups in total. The molecule has 0 saturated heterocycles. The van der Waals surface area contributed by atoms with Gasteiger partial charge in [0.15, 0.2) is 0 Å². The Balaban J connectivity index is 1.79. The van der Waals surface area contributed by atoms with Crippen LogP contribution in [0.2, 0.25) is 15.1 Å². The molecule has 0 spiro atoms. The fraction of sp³-hybridized carbons (Fsp3) is 0.0357. The third-order valence-electron chi connectivity index (χ3n) is 5.50. The minimum atomic E-state index is 0.632. The van der Waals surface area contributed by atoms with E-state index >= 15 is 0 Å². The first-order valence-corrected chi connectivity index (χ1v) is 11.6. The van der Waals surface area contributed by atoms with Crippen LogP contribution < -0.4 is 0 Å². The van der Waals surface area contributed by atoms with Crippen molar-refractivity contribution >= 4 is 34.8 Å². The van der Waals surface area contributed by atoms with E-state index in [1.54, 1.807) is 0 Å². The summed E-state index contributed by atoms with van der Waals surface area (Å²) in [6.07, 6.45) is 0. The summed E-state index contributed by atoms with van der Waals surface area (Å²) < 4.78 is 2.06. The number of benzene rings is 4. The summed E-state index contributed by atoms with van der Waals surface area (Å²) in [5.41, 5.74) is 7.17. The molecule has 0 bridgehead atoms. The molecule has 33 heavy (non-hydrogen) atoms. The Hall–Kier alpha value is -3.04. The first kappa shape index (κ1) is 21.8. The van der Waals surface area contributed by atoms with Crippen LogP contribution in [0.4, 0.5) is 0 Å². The van der Waals surface area contributed by atoms with Gasteiger partial charge in [0.2, 0.25) is 0 Å². The topological polar surface area (TPSA) is 17.8 Å². The van der Waals surface area contributed by atoms with Gasteiger partial charge in [-0.25, -0.2) is 0 Å². The second-order valence-electron chi connectivity index (χ2n) is 7.74. The third-order valence-corrected chi connectivity index (χ3v) is 6.25. The second-order valence-corrected chi connectivity index (χ2v) is 9.05. The Morgan fingerprint density at radius 3 is 1.58 bits per heavy atom. The Morgan fingerprint density at radius 1 is 0.545 bits per heavy atom. The summed E-state index contributed by atoms with van der Waals surface area (Å²) in [6, 6.07) is 33.9. The van der Waals surface area contributed by atoms with Crippen molar-refractivity contribution < 1.29 is 0 Å². The van der Waals surface area contributed by atoms with Crippen LogP contribution in [0.1, 0.15) is 5.56 Å². The number of nitrogens with zero attached hydrogens (tertiary/aromatic N) is 2. The van der Waals surface area contributed by atoms with Crippen molar-refractivity contribution in [3.8, 4) is 33.6 Å². The van der Waals surface area contributed by atoms with Crippen LogP contribution in [0.15, 0.2) is 103 Å². The first-order valence-electron chi connectivity index (χ1n) is 10.5. The molecule has 0 radical (unpaired) electrons. The zero-order valence-electron chi connectivity index (χ0n) is 17.6. The van der Waals surface area contributed by atoms with E-state index in [0.717, 1.165) is 33.6 Å². The second kappa shape index (κ2) is 9.44. The van der Waals surface area contributed by atoms with Gasteiger partial charge >= 0.3 is 0 Å². The molecule has 0 saturated carbocycles. The van der Waals surface area contributed by atoms with Crippen LogP contribution in [0.25, 0.3) is 33.6 Å². The van der Waals surface area contributed by atoms with E-state index < -0.39 is 0 Å². The molecule has 0 aliphatic rings. The minimum absolute atomic E-state index is 0.632. The molecule has 4 aromatic carbocycles. The Morgan fingerprint density at radius 2 is 1.03 bits per heavy atom. The Labute approximate surface area is 208 Å². The van der Waals surface area contributed by atoms with E-state index in [-0.39, 0.29) is 0 Å². The van der Waals surface area contributed by atoms with Crippen molar-refractivity contribution in [3.63, 3.8) is 0 Å². The highest BCUT2D eigenvalue weighted by molar-refractivity contribution is 6.31. The molecule has 5 heteroatoms. The zero-order valence-corrected chi connectivity index (χ0v) is 19.8. The van der Waals surface area contributed by atoms with Gasteiger partial charge in [-0.15, -0.1) is 0 Å². The van der Waals surface area contributed by atoms with E-state index in [9.17, 15) is 0 Å². The molecule has 5 aromatic rings. The molecule has 0 fully saturated rings. The van der Waals surface area contributed by atoms with E-state index in [1.807, 2.05) is 91.0 Å². The van der Waals surface area contributed by atoms with Crippen LogP contribution in [0, 0.1) is 0 Å². The fourth-order valence-corrected chi connectivity index (χ4v) is 4.31. The molecule has 1 aromatic heterocycles. The maximum atomic E-state index is 6.21. The Bertz CT molecular complexity index is 1370. The van der Waals surface area contributed by atoms with Gasteiger partial charge in [0.05, 0.1) is 12.2 Å². The van der Waals surface area contributed by atoms with E-state index in [2.05, 4.69) is 16.8 Å². The van der Waals surface area contributed by atoms with E-state index in [1.165, 1.54) is 5.56 Å². The predicted octanol–water partition coefficient (Wildman–Crippen LogP) is 8.89. The summed E-state index contributed by atoms with van der Waals surface area (Å²) in [5.74, 6) is 0. The van der Waals surface area contributed by atoms with Gasteiger partial charge in [0, 0.05) is 31.8 Å². The van der Waals surface area contributed by atoms with Crippen molar-refractivity contribution in [1.29, 1.82) is 0 Å². The van der Waals surface area contributed by atoms with Crippen LogP contribution in [-0.2, 0) is 6.54 Å². The summed E-state index contributed by atoms with van der Waals surface area (Å²) in [4.78, 5) is 0. The van der Waals surface area contributed by atoms with Crippen LogP contribution >= 0.6 is 34.8 Å². The van der Waals surface area contributed by atoms with Gasteiger partial charge in [-0.3, -0.25) is 4.68 Å². The quantitative estimate of drug-likeness (QED) is 0.241. The molecule has 0 aliphatic carbocycles. The molecule has 1 heterocycles. The molecule has 0 atom stereocenters. The summed E-state index contributed by atoms with van der Waals surface area (Å²) in [7, 11) is 0. The highest BCUT2D eigenvalue weighted by atomic mass is 35.5. The minimum Gasteiger partial charge on any atom is -0.259 e. The van der Waals surface area contributed by atoms with Crippen LogP contribution in [0.3, 0.4) is 0 Å². The van der Waals surface area contributed by atoms with Gasteiger partial charge in [-0.1, -0.05) is 102 Å². The molecule has 0 unspecified atom stereocenters. The van der Waals surface area contributed by atoms with Crippen molar-refractivity contribution in [2.24, 2.45) is 0 Å². The largest absolute Gasteiger partial charge is 0.259 e. The lowest BCUT2D eigenvalue weighted by molar-refractivity contribution is 0.697. The smallest absolute Gasteiger partial charge is 0.101 e. The maximum absolute atomic E-state index is 6.21. The zero-order chi connectivity index (χ0) is 22.8. The number of hydrogen-bond donors (Lipinski definition) is 0.